The highest BCUT2D eigenvalue weighted by Gasteiger charge is 2.22. The molecule has 0 fully saturated rings. The van der Waals surface area contributed by atoms with Crippen LogP contribution in [0.3, 0.4) is 0 Å². The minimum absolute atomic E-state index is 0.219. The van der Waals surface area contributed by atoms with Crippen LogP contribution in [0.15, 0.2) is 30.3 Å². The normalized spacial score (nSPS) is 14.8. The van der Waals surface area contributed by atoms with Crippen LogP contribution in [-0.4, -0.2) is 15.3 Å². The molecule has 1 aliphatic rings. The number of rotatable bonds is 1. The number of ketones is 1. The van der Waals surface area contributed by atoms with E-state index in [1.807, 2.05) is 34.9 Å². The Kier molecular flexibility index (Phi) is 2.48. The van der Waals surface area contributed by atoms with Crippen molar-refractivity contribution in [3.05, 3.63) is 41.3 Å². The smallest absolute Gasteiger partial charge is 0.153 e. The number of aromatic nitrogens is 2. The molecule has 86 valence electrons. The minimum Gasteiger partial charge on any atom is -0.311 e. The fourth-order valence-corrected chi connectivity index (χ4v) is 2.42. The lowest BCUT2D eigenvalue weighted by atomic mass is 10.1. The maximum absolute atomic E-state index is 11.4. The van der Waals surface area contributed by atoms with E-state index >= 15 is 0 Å². The second-order valence-corrected chi connectivity index (χ2v) is 4.52. The Morgan fingerprint density at radius 2 is 1.94 bits per heavy atom. The zero-order valence-corrected chi connectivity index (χ0v) is 9.94. The second kappa shape index (κ2) is 4.00. The van der Waals surface area contributed by atoms with E-state index < -0.39 is 0 Å². The molecule has 4 heteroatoms. The predicted octanol–water partition coefficient (Wildman–Crippen LogP) is 2.72. The van der Waals surface area contributed by atoms with E-state index in [1.165, 1.54) is 0 Å². The van der Waals surface area contributed by atoms with Gasteiger partial charge >= 0.3 is 0 Å². The van der Waals surface area contributed by atoms with Gasteiger partial charge in [-0.1, -0.05) is 41.9 Å². The first-order valence-corrected chi connectivity index (χ1v) is 5.95. The molecule has 0 saturated carbocycles. The van der Waals surface area contributed by atoms with Crippen molar-refractivity contribution in [1.82, 2.24) is 9.55 Å². The van der Waals surface area contributed by atoms with Crippen LogP contribution in [0.4, 0.5) is 0 Å². The third-order valence-corrected chi connectivity index (χ3v) is 3.38. The monoisotopic (exact) mass is 246 g/mol. The van der Waals surface area contributed by atoms with Crippen LogP contribution in [0.2, 0.25) is 5.15 Å². The number of nitrogens with zero attached hydrogens (tertiary/aromatic N) is 2. The summed E-state index contributed by atoms with van der Waals surface area (Å²) in [4.78, 5) is 16.0. The van der Waals surface area contributed by atoms with Crippen LogP contribution in [0.5, 0.6) is 0 Å². The van der Waals surface area contributed by atoms with Crippen molar-refractivity contribution in [3.63, 3.8) is 0 Å². The molecule has 0 spiro atoms. The molecule has 0 radical (unpaired) electrons. The summed E-state index contributed by atoms with van der Waals surface area (Å²) < 4.78 is 1.82. The summed E-state index contributed by atoms with van der Waals surface area (Å²) in [5, 5.41) is 0.569. The van der Waals surface area contributed by atoms with Gasteiger partial charge in [-0.3, -0.25) is 4.79 Å². The quantitative estimate of drug-likeness (QED) is 0.776. The van der Waals surface area contributed by atoms with E-state index in [-0.39, 0.29) is 5.78 Å². The molecule has 17 heavy (non-hydrogen) atoms. The molecule has 0 amide bonds. The fourth-order valence-electron chi connectivity index (χ4n) is 2.11. The summed E-state index contributed by atoms with van der Waals surface area (Å²) in [5.41, 5.74) is 1.77. The average molecular weight is 247 g/mol. The lowest BCUT2D eigenvalue weighted by Gasteiger charge is -2.12. The molecule has 1 aromatic heterocycles. The van der Waals surface area contributed by atoms with Crippen LogP contribution >= 0.6 is 11.6 Å². The highest BCUT2D eigenvalue weighted by molar-refractivity contribution is 6.32. The second-order valence-electron chi connectivity index (χ2n) is 4.16. The first-order valence-electron chi connectivity index (χ1n) is 5.58. The number of imidazole rings is 1. The van der Waals surface area contributed by atoms with Gasteiger partial charge in [0, 0.05) is 18.4 Å². The maximum atomic E-state index is 11.4. The van der Waals surface area contributed by atoms with E-state index in [4.69, 9.17) is 11.6 Å². The van der Waals surface area contributed by atoms with Crippen molar-refractivity contribution < 1.29 is 4.79 Å². The topological polar surface area (TPSA) is 34.9 Å². The van der Waals surface area contributed by atoms with E-state index in [1.54, 1.807) is 0 Å². The molecule has 0 atom stereocenters. The maximum Gasteiger partial charge on any atom is 0.153 e. The van der Waals surface area contributed by atoms with Crippen LogP contribution in [0.25, 0.3) is 11.3 Å². The molecule has 1 aromatic carbocycles. The average Bonchev–Trinajstić information content (AvgIpc) is 2.68. The van der Waals surface area contributed by atoms with Crippen molar-refractivity contribution in [3.8, 4) is 11.3 Å². The van der Waals surface area contributed by atoms with Gasteiger partial charge in [-0.25, -0.2) is 4.98 Å². The Labute approximate surface area is 104 Å². The minimum atomic E-state index is 0.219. The molecule has 1 aliphatic heterocycles. The first-order chi connectivity index (χ1) is 8.25. The summed E-state index contributed by atoms with van der Waals surface area (Å²) in [5.74, 6) is 1.13. The predicted molar refractivity (Wildman–Crippen MR) is 66.0 cm³/mol. The van der Waals surface area contributed by atoms with Gasteiger partial charge in [0.15, 0.2) is 5.78 Å². The molecular weight excluding hydrogens is 236 g/mol. The molecule has 0 bridgehead atoms. The molecule has 0 saturated heterocycles. The van der Waals surface area contributed by atoms with Crippen molar-refractivity contribution >= 4 is 17.4 Å². The SMILES string of the molecule is O=C1CCc2nc(-c3ccccc3)c(Cl)n2C1. The van der Waals surface area contributed by atoms with Gasteiger partial charge in [-0.2, -0.15) is 0 Å². The lowest BCUT2D eigenvalue weighted by Crippen LogP contribution is -2.19. The highest BCUT2D eigenvalue weighted by Crippen LogP contribution is 2.30. The Hall–Kier alpha value is -1.61. The third-order valence-electron chi connectivity index (χ3n) is 2.99. The first kappa shape index (κ1) is 10.5. The number of carbonyl (C=O) groups is 1. The molecule has 2 heterocycles. The molecule has 0 unspecified atom stereocenters. The van der Waals surface area contributed by atoms with Crippen molar-refractivity contribution in [2.24, 2.45) is 0 Å². The summed E-state index contributed by atoms with van der Waals surface area (Å²) in [7, 11) is 0. The number of hydrogen-bond donors (Lipinski definition) is 0. The number of halogens is 1. The van der Waals surface area contributed by atoms with E-state index in [2.05, 4.69) is 4.98 Å². The van der Waals surface area contributed by atoms with Crippen LogP contribution in [0.1, 0.15) is 12.2 Å². The number of fused-ring (bicyclic) bond motifs is 1. The zero-order chi connectivity index (χ0) is 11.8. The van der Waals surface area contributed by atoms with Crippen molar-refractivity contribution in [2.75, 3.05) is 0 Å². The van der Waals surface area contributed by atoms with Gasteiger partial charge in [0.05, 0.1) is 6.54 Å². The Balaban J connectivity index is 2.11. The lowest BCUT2D eigenvalue weighted by molar-refractivity contribution is -0.120. The largest absolute Gasteiger partial charge is 0.311 e. The standard InChI is InChI=1S/C13H11ClN2O/c14-13-12(9-4-2-1-3-5-9)15-11-7-6-10(17)8-16(11)13/h1-5H,6-8H2. The highest BCUT2D eigenvalue weighted by atomic mass is 35.5. The molecule has 3 rings (SSSR count). The number of Topliss-reactive ketones (excluding diaryl/α,β-unsaturated/α-hetero) is 1. The van der Waals surface area contributed by atoms with Gasteiger partial charge in [0.25, 0.3) is 0 Å². The Bertz CT molecular complexity index is 575. The van der Waals surface area contributed by atoms with Crippen molar-refractivity contribution in [2.45, 2.75) is 19.4 Å². The van der Waals surface area contributed by atoms with Crippen LogP contribution in [-0.2, 0) is 17.8 Å². The van der Waals surface area contributed by atoms with Crippen LogP contribution < -0.4 is 0 Å². The number of benzene rings is 1. The summed E-state index contributed by atoms with van der Waals surface area (Å²) in [6.45, 7) is 0.355. The zero-order valence-electron chi connectivity index (χ0n) is 9.19. The van der Waals surface area contributed by atoms with Gasteiger partial charge in [0.1, 0.15) is 16.7 Å². The van der Waals surface area contributed by atoms with Crippen molar-refractivity contribution in [1.29, 1.82) is 0 Å². The van der Waals surface area contributed by atoms with E-state index in [0.29, 0.717) is 24.5 Å². The molecule has 0 N–H and O–H groups in total. The van der Waals surface area contributed by atoms with Gasteiger partial charge in [-0.05, 0) is 0 Å². The summed E-state index contributed by atoms with van der Waals surface area (Å²) in [6.07, 6.45) is 1.26. The molecule has 0 aliphatic carbocycles. The van der Waals surface area contributed by atoms with Crippen LogP contribution in [0, 0.1) is 0 Å². The number of hydrogen-bond acceptors (Lipinski definition) is 2. The van der Waals surface area contributed by atoms with E-state index in [9.17, 15) is 4.79 Å². The third kappa shape index (κ3) is 1.76. The molecular formula is C13H11ClN2O. The Morgan fingerprint density at radius 3 is 2.71 bits per heavy atom. The summed E-state index contributed by atoms with van der Waals surface area (Å²) >= 11 is 6.29. The van der Waals surface area contributed by atoms with E-state index in [0.717, 1.165) is 17.1 Å². The summed E-state index contributed by atoms with van der Waals surface area (Å²) in [6, 6.07) is 9.81. The van der Waals surface area contributed by atoms with Gasteiger partial charge in [-0.15, -0.1) is 0 Å². The number of aryl methyl sites for hydroxylation is 1. The fraction of sp³-hybridized carbons (Fsp3) is 0.231. The molecule has 2 aromatic rings. The van der Waals surface area contributed by atoms with Gasteiger partial charge in [0.2, 0.25) is 0 Å². The number of carbonyl (C=O) groups excluding carboxylic acids is 1. The Morgan fingerprint density at radius 1 is 1.18 bits per heavy atom. The van der Waals surface area contributed by atoms with Gasteiger partial charge < -0.3 is 4.57 Å². The molecule has 3 nitrogen and oxygen atoms in total.